The van der Waals surface area contributed by atoms with E-state index in [0.29, 0.717) is 12.1 Å². The standard InChI is InChI=1S/C14H17F3N2O/c15-14(16,17)11-4-1-3-10(7-11)8-13(20)19-9-12-5-2-6-18-12/h1,3-4,7,12,18H,2,5-6,8-9H2,(H,19,20). The molecule has 1 aliphatic rings. The van der Waals surface area contributed by atoms with Crippen LogP contribution in [0.4, 0.5) is 13.2 Å². The minimum absolute atomic E-state index is 0.0311. The molecule has 0 aliphatic carbocycles. The minimum Gasteiger partial charge on any atom is -0.354 e. The Kier molecular flexibility index (Phi) is 4.65. The smallest absolute Gasteiger partial charge is 0.354 e. The second-order valence-electron chi connectivity index (χ2n) is 4.97. The Morgan fingerprint density at radius 1 is 1.40 bits per heavy atom. The number of alkyl halides is 3. The number of benzene rings is 1. The second-order valence-corrected chi connectivity index (χ2v) is 4.97. The summed E-state index contributed by atoms with van der Waals surface area (Å²) in [4.78, 5) is 11.7. The zero-order valence-electron chi connectivity index (χ0n) is 11.0. The molecule has 1 fully saturated rings. The molecule has 2 rings (SSSR count). The average molecular weight is 286 g/mol. The van der Waals surface area contributed by atoms with E-state index in [2.05, 4.69) is 10.6 Å². The molecule has 3 nitrogen and oxygen atoms in total. The molecule has 1 saturated heterocycles. The summed E-state index contributed by atoms with van der Waals surface area (Å²) in [7, 11) is 0. The Morgan fingerprint density at radius 2 is 2.20 bits per heavy atom. The third-order valence-corrected chi connectivity index (χ3v) is 3.33. The number of rotatable bonds is 4. The lowest BCUT2D eigenvalue weighted by Crippen LogP contribution is -2.37. The molecule has 20 heavy (non-hydrogen) atoms. The van der Waals surface area contributed by atoms with Crippen LogP contribution in [0.1, 0.15) is 24.0 Å². The lowest BCUT2D eigenvalue weighted by molar-refractivity contribution is -0.137. The monoisotopic (exact) mass is 286 g/mol. The maximum atomic E-state index is 12.5. The molecule has 0 bridgehead atoms. The van der Waals surface area contributed by atoms with Crippen molar-refractivity contribution in [2.45, 2.75) is 31.5 Å². The van der Waals surface area contributed by atoms with Crippen LogP contribution in [0.2, 0.25) is 0 Å². The Labute approximate surface area is 115 Å². The molecule has 1 unspecified atom stereocenters. The van der Waals surface area contributed by atoms with Gasteiger partial charge in [0.2, 0.25) is 5.91 Å². The van der Waals surface area contributed by atoms with Gasteiger partial charge in [-0.25, -0.2) is 0 Å². The first-order valence-electron chi connectivity index (χ1n) is 6.61. The molecule has 0 saturated carbocycles. The molecule has 0 radical (unpaired) electrons. The van der Waals surface area contributed by atoms with E-state index in [1.807, 2.05) is 0 Å². The summed E-state index contributed by atoms with van der Waals surface area (Å²) in [5.41, 5.74) is -0.350. The average Bonchev–Trinajstić information content (AvgIpc) is 2.89. The van der Waals surface area contributed by atoms with E-state index in [4.69, 9.17) is 0 Å². The van der Waals surface area contributed by atoms with Crippen LogP contribution in [-0.4, -0.2) is 25.0 Å². The molecule has 6 heteroatoms. The van der Waals surface area contributed by atoms with Crippen molar-refractivity contribution in [3.63, 3.8) is 0 Å². The van der Waals surface area contributed by atoms with E-state index in [1.54, 1.807) is 0 Å². The largest absolute Gasteiger partial charge is 0.416 e. The Hall–Kier alpha value is -1.56. The van der Waals surface area contributed by atoms with Gasteiger partial charge in [0.15, 0.2) is 0 Å². The van der Waals surface area contributed by atoms with Crippen molar-refractivity contribution < 1.29 is 18.0 Å². The number of nitrogens with one attached hydrogen (secondary N) is 2. The van der Waals surface area contributed by atoms with Crippen LogP contribution in [0, 0.1) is 0 Å². The normalized spacial score (nSPS) is 19.1. The molecule has 2 N–H and O–H groups in total. The maximum absolute atomic E-state index is 12.5. The topological polar surface area (TPSA) is 41.1 Å². The molecule has 1 aromatic carbocycles. The van der Waals surface area contributed by atoms with Crippen LogP contribution in [0.25, 0.3) is 0 Å². The summed E-state index contributed by atoms with van der Waals surface area (Å²) in [5, 5.41) is 5.99. The highest BCUT2D eigenvalue weighted by atomic mass is 19.4. The number of carbonyl (C=O) groups is 1. The highest BCUT2D eigenvalue weighted by Gasteiger charge is 2.30. The van der Waals surface area contributed by atoms with Crippen molar-refractivity contribution in [3.8, 4) is 0 Å². The zero-order valence-corrected chi connectivity index (χ0v) is 11.0. The zero-order chi connectivity index (χ0) is 14.6. The predicted octanol–water partition coefficient (Wildman–Crippen LogP) is 2.12. The van der Waals surface area contributed by atoms with Crippen molar-refractivity contribution in [1.82, 2.24) is 10.6 Å². The first kappa shape index (κ1) is 14.8. The van der Waals surface area contributed by atoms with E-state index in [9.17, 15) is 18.0 Å². The Balaban J connectivity index is 1.87. The summed E-state index contributed by atoms with van der Waals surface area (Å²) in [6, 6.07) is 5.16. The van der Waals surface area contributed by atoms with Gasteiger partial charge in [-0.15, -0.1) is 0 Å². The van der Waals surface area contributed by atoms with Crippen LogP contribution in [-0.2, 0) is 17.4 Å². The van der Waals surface area contributed by atoms with Gasteiger partial charge in [-0.1, -0.05) is 18.2 Å². The van der Waals surface area contributed by atoms with Crippen molar-refractivity contribution in [2.24, 2.45) is 0 Å². The number of carbonyl (C=O) groups excluding carboxylic acids is 1. The van der Waals surface area contributed by atoms with E-state index in [-0.39, 0.29) is 18.4 Å². The SMILES string of the molecule is O=C(Cc1cccc(C(F)(F)F)c1)NCC1CCCN1. The van der Waals surface area contributed by atoms with E-state index in [1.165, 1.54) is 12.1 Å². The molecule has 1 amide bonds. The molecule has 1 aliphatic heterocycles. The summed E-state index contributed by atoms with van der Waals surface area (Å²) in [6.45, 7) is 1.48. The van der Waals surface area contributed by atoms with E-state index >= 15 is 0 Å². The van der Waals surface area contributed by atoms with Gasteiger partial charge in [-0.3, -0.25) is 4.79 Å². The number of amides is 1. The van der Waals surface area contributed by atoms with Crippen LogP contribution in [0.5, 0.6) is 0 Å². The molecule has 1 heterocycles. The summed E-state index contributed by atoms with van der Waals surface area (Å²) >= 11 is 0. The fourth-order valence-corrected chi connectivity index (χ4v) is 2.27. The van der Waals surface area contributed by atoms with Gasteiger partial charge in [-0.05, 0) is 31.0 Å². The molecule has 110 valence electrons. The molecular weight excluding hydrogens is 269 g/mol. The van der Waals surface area contributed by atoms with Crippen molar-refractivity contribution >= 4 is 5.91 Å². The van der Waals surface area contributed by atoms with Crippen molar-refractivity contribution in [2.75, 3.05) is 13.1 Å². The van der Waals surface area contributed by atoms with Gasteiger partial charge in [-0.2, -0.15) is 13.2 Å². The fraction of sp³-hybridized carbons (Fsp3) is 0.500. The van der Waals surface area contributed by atoms with E-state index < -0.39 is 11.7 Å². The highest BCUT2D eigenvalue weighted by molar-refractivity contribution is 5.78. The molecule has 1 atom stereocenters. The Bertz CT molecular complexity index is 468. The number of hydrogen-bond donors (Lipinski definition) is 2. The quantitative estimate of drug-likeness (QED) is 0.890. The number of halogens is 3. The van der Waals surface area contributed by atoms with Gasteiger partial charge < -0.3 is 10.6 Å². The molecule has 1 aromatic rings. The van der Waals surface area contributed by atoms with Crippen molar-refractivity contribution in [3.05, 3.63) is 35.4 Å². The minimum atomic E-state index is -4.37. The van der Waals surface area contributed by atoms with E-state index in [0.717, 1.165) is 31.5 Å². The van der Waals surface area contributed by atoms with Crippen LogP contribution < -0.4 is 10.6 Å². The first-order chi connectivity index (χ1) is 9.45. The molecule has 0 aromatic heterocycles. The Morgan fingerprint density at radius 3 is 2.85 bits per heavy atom. The fourth-order valence-electron chi connectivity index (χ4n) is 2.27. The third kappa shape index (κ3) is 4.23. The summed E-state index contributed by atoms with van der Waals surface area (Å²) in [5.74, 6) is -0.252. The van der Waals surface area contributed by atoms with Gasteiger partial charge in [0.05, 0.1) is 12.0 Å². The lowest BCUT2D eigenvalue weighted by Gasteiger charge is -2.12. The summed E-state index contributed by atoms with van der Waals surface area (Å²) < 4.78 is 37.6. The summed E-state index contributed by atoms with van der Waals surface area (Å²) in [6.07, 6.45) is -2.30. The number of hydrogen-bond acceptors (Lipinski definition) is 2. The van der Waals surface area contributed by atoms with Crippen LogP contribution in [0.15, 0.2) is 24.3 Å². The lowest BCUT2D eigenvalue weighted by atomic mass is 10.1. The highest BCUT2D eigenvalue weighted by Crippen LogP contribution is 2.29. The van der Waals surface area contributed by atoms with Gasteiger partial charge >= 0.3 is 6.18 Å². The van der Waals surface area contributed by atoms with Crippen molar-refractivity contribution in [1.29, 1.82) is 0 Å². The first-order valence-corrected chi connectivity index (χ1v) is 6.61. The van der Waals surface area contributed by atoms with Crippen LogP contribution >= 0.6 is 0 Å². The van der Waals surface area contributed by atoms with Gasteiger partial charge in [0.1, 0.15) is 0 Å². The third-order valence-electron chi connectivity index (χ3n) is 3.33. The van der Waals surface area contributed by atoms with Gasteiger partial charge in [0, 0.05) is 12.6 Å². The maximum Gasteiger partial charge on any atom is 0.416 e. The van der Waals surface area contributed by atoms with Crippen LogP contribution in [0.3, 0.4) is 0 Å². The second kappa shape index (κ2) is 6.26. The molecule has 0 spiro atoms. The molecular formula is C14H17F3N2O. The predicted molar refractivity (Wildman–Crippen MR) is 69.2 cm³/mol. The van der Waals surface area contributed by atoms with Gasteiger partial charge in [0.25, 0.3) is 0 Å².